The number of fused-ring (bicyclic) bond motifs is 1. The Hall–Kier alpha value is -2.21. The van der Waals surface area contributed by atoms with Crippen molar-refractivity contribution in [2.75, 3.05) is 5.32 Å². The number of nitrogens with zero attached hydrogens (tertiary/aromatic N) is 3. The molecule has 0 radical (unpaired) electrons. The van der Waals surface area contributed by atoms with Gasteiger partial charge in [0.2, 0.25) is 0 Å². The van der Waals surface area contributed by atoms with E-state index in [2.05, 4.69) is 15.4 Å². The highest BCUT2D eigenvalue weighted by atomic mass is 32.1. The van der Waals surface area contributed by atoms with E-state index in [1.165, 1.54) is 11.3 Å². The first kappa shape index (κ1) is 11.9. The fourth-order valence-corrected chi connectivity index (χ4v) is 2.60. The lowest BCUT2D eigenvalue weighted by molar-refractivity contribution is 0.103. The lowest BCUT2D eigenvalue weighted by Crippen LogP contribution is -2.11. The summed E-state index contributed by atoms with van der Waals surface area (Å²) in [6.07, 6.45) is 3.39. The molecule has 0 saturated heterocycles. The number of carbonyl (C=O) groups is 1. The molecular weight excluding hydrogens is 260 g/mol. The summed E-state index contributed by atoms with van der Waals surface area (Å²) in [5.41, 5.74) is 3.38. The van der Waals surface area contributed by atoms with E-state index in [-0.39, 0.29) is 5.91 Å². The molecule has 19 heavy (non-hydrogen) atoms. The standard InChI is InChI=1S/C13H12N4OS/c1-8-3-11(19-7-8)13(18)15-10-5-14-12-4-9(2)16-17(12)6-10/h3-7H,1-2H3,(H,15,18). The molecule has 0 atom stereocenters. The summed E-state index contributed by atoms with van der Waals surface area (Å²) in [7, 11) is 0. The number of anilines is 1. The maximum Gasteiger partial charge on any atom is 0.265 e. The van der Waals surface area contributed by atoms with Crippen LogP contribution in [-0.2, 0) is 0 Å². The van der Waals surface area contributed by atoms with Gasteiger partial charge in [-0.2, -0.15) is 5.10 Å². The Bertz CT molecular complexity index is 759. The van der Waals surface area contributed by atoms with E-state index >= 15 is 0 Å². The van der Waals surface area contributed by atoms with Crippen LogP contribution in [0.15, 0.2) is 29.9 Å². The van der Waals surface area contributed by atoms with E-state index in [9.17, 15) is 4.79 Å². The van der Waals surface area contributed by atoms with Gasteiger partial charge in [-0.15, -0.1) is 11.3 Å². The Kier molecular flexibility index (Phi) is 2.79. The number of rotatable bonds is 2. The Morgan fingerprint density at radius 3 is 2.95 bits per heavy atom. The molecule has 0 fully saturated rings. The maximum absolute atomic E-state index is 12.0. The molecule has 3 rings (SSSR count). The second-order valence-electron chi connectivity index (χ2n) is 4.37. The molecule has 1 amide bonds. The lowest BCUT2D eigenvalue weighted by Gasteiger charge is -2.03. The zero-order valence-electron chi connectivity index (χ0n) is 10.5. The topological polar surface area (TPSA) is 59.3 Å². The molecule has 0 aliphatic carbocycles. The minimum Gasteiger partial charge on any atom is -0.319 e. The largest absolute Gasteiger partial charge is 0.319 e. The molecule has 3 aromatic rings. The van der Waals surface area contributed by atoms with E-state index in [0.717, 1.165) is 16.9 Å². The van der Waals surface area contributed by atoms with Crippen molar-refractivity contribution in [2.45, 2.75) is 13.8 Å². The zero-order valence-corrected chi connectivity index (χ0v) is 11.4. The molecule has 0 aliphatic heterocycles. The van der Waals surface area contributed by atoms with Gasteiger partial charge >= 0.3 is 0 Å². The van der Waals surface area contributed by atoms with E-state index < -0.39 is 0 Å². The summed E-state index contributed by atoms with van der Waals surface area (Å²) in [5.74, 6) is -0.122. The van der Waals surface area contributed by atoms with Crippen LogP contribution in [0.4, 0.5) is 5.69 Å². The van der Waals surface area contributed by atoms with Gasteiger partial charge in [0.25, 0.3) is 5.91 Å². The van der Waals surface area contributed by atoms with Crippen LogP contribution in [0.1, 0.15) is 20.9 Å². The molecule has 6 heteroatoms. The van der Waals surface area contributed by atoms with Crippen molar-refractivity contribution in [1.29, 1.82) is 0 Å². The van der Waals surface area contributed by atoms with Crippen LogP contribution in [0.5, 0.6) is 0 Å². The Morgan fingerprint density at radius 2 is 2.21 bits per heavy atom. The number of aromatic nitrogens is 3. The fraction of sp³-hybridized carbons (Fsp3) is 0.154. The quantitative estimate of drug-likeness (QED) is 0.780. The maximum atomic E-state index is 12.0. The van der Waals surface area contributed by atoms with Crippen LogP contribution in [0, 0.1) is 13.8 Å². The van der Waals surface area contributed by atoms with Crippen LogP contribution in [0.3, 0.4) is 0 Å². The van der Waals surface area contributed by atoms with Gasteiger partial charge in [-0.05, 0) is 30.9 Å². The number of nitrogens with one attached hydrogen (secondary N) is 1. The van der Waals surface area contributed by atoms with Crippen LogP contribution < -0.4 is 5.32 Å². The molecule has 0 bridgehead atoms. The summed E-state index contributed by atoms with van der Waals surface area (Å²) in [6, 6.07) is 3.75. The first-order valence-electron chi connectivity index (χ1n) is 5.80. The molecule has 3 heterocycles. The van der Waals surface area contributed by atoms with Crippen molar-refractivity contribution in [3.63, 3.8) is 0 Å². The van der Waals surface area contributed by atoms with Gasteiger partial charge in [0.15, 0.2) is 5.65 Å². The van der Waals surface area contributed by atoms with Crippen LogP contribution in [0.25, 0.3) is 5.65 Å². The van der Waals surface area contributed by atoms with Gasteiger partial charge in [0, 0.05) is 6.07 Å². The van der Waals surface area contributed by atoms with E-state index in [0.29, 0.717) is 10.6 Å². The van der Waals surface area contributed by atoms with Crippen molar-refractivity contribution in [3.8, 4) is 0 Å². The second-order valence-corrected chi connectivity index (χ2v) is 5.28. The number of carbonyl (C=O) groups excluding carboxylic acids is 1. The predicted octanol–water partition coefficient (Wildman–Crippen LogP) is 2.66. The summed E-state index contributed by atoms with van der Waals surface area (Å²) in [5, 5.41) is 9.04. The number of hydrogen-bond donors (Lipinski definition) is 1. The smallest absolute Gasteiger partial charge is 0.265 e. The van der Waals surface area contributed by atoms with Crippen LogP contribution in [-0.4, -0.2) is 20.5 Å². The molecule has 0 aliphatic rings. The van der Waals surface area contributed by atoms with Gasteiger partial charge in [-0.1, -0.05) is 0 Å². The number of amides is 1. The van der Waals surface area contributed by atoms with Gasteiger partial charge in [0.1, 0.15) is 0 Å². The Balaban J connectivity index is 1.86. The monoisotopic (exact) mass is 272 g/mol. The lowest BCUT2D eigenvalue weighted by atomic mass is 10.3. The van der Waals surface area contributed by atoms with Gasteiger partial charge < -0.3 is 5.32 Å². The van der Waals surface area contributed by atoms with Gasteiger partial charge in [-0.3, -0.25) is 4.79 Å². The molecular formula is C13H12N4OS. The van der Waals surface area contributed by atoms with Crippen LogP contribution in [0.2, 0.25) is 0 Å². The molecule has 0 aromatic carbocycles. The zero-order chi connectivity index (χ0) is 13.4. The Morgan fingerprint density at radius 1 is 1.37 bits per heavy atom. The minimum absolute atomic E-state index is 0.122. The number of hydrogen-bond acceptors (Lipinski definition) is 4. The normalized spacial score (nSPS) is 10.8. The third-order valence-electron chi connectivity index (χ3n) is 2.65. The third kappa shape index (κ3) is 2.34. The van der Waals surface area contributed by atoms with E-state index in [4.69, 9.17) is 0 Å². The van der Waals surface area contributed by atoms with Crippen LogP contribution >= 0.6 is 11.3 Å². The highest BCUT2D eigenvalue weighted by Crippen LogP contribution is 2.16. The first-order chi connectivity index (χ1) is 9.11. The van der Waals surface area contributed by atoms with Crippen molar-refractivity contribution in [3.05, 3.63) is 46.0 Å². The summed E-state index contributed by atoms with van der Waals surface area (Å²) >= 11 is 1.43. The molecule has 0 saturated carbocycles. The molecule has 0 spiro atoms. The molecule has 96 valence electrons. The SMILES string of the molecule is Cc1csc(C(=O)Nc2cnc3cc(C)nn3c2)c1. The molecule has 0 unspecified atom stereocenters. The molecule has 5 nitrogen and oxygen atoms in total. The van der Waals surface area contributed by atoms with Gasteiger partial charge in [0.05, 0.1) is 28.7 Å². The number of aryl methyl sites for hydroxylation is 2. The van der Waals surface area contributed by atoms with Crippen molar-refractivity contribution in [2.24, 2.45) is 0 Å². The summed E-state index contributed by atoms with van der Waals surface area (Å²) in [4.78, 5) is 16.9. The molecule has 3 aromatic heterocycles. The van der Waals surface area contributed by atoms with Gasteiger partial charge in [-0.25, -0.2) is 9.50 Å². The average molecular weight is 272 g/mol. The molecule has 1 N–H and O–H groups in total. The number of thiophene rings is 1. The van der Waals surface area contributed by atoms with Crippen molar-refractivity contribution >= 4 is 28.6 Å². The highest BCUT2D eigenvalue weighted by Gasteiger charge is 2.09. The summed E-state index contributed by atoms with van der Waals surface area (Å²) in [6.45, 7) is 3.87. The van der Waals surface area contributed by atoms with Crippen molar-refractivity contribution in [1.82, 2.24) is 14.6 Å². The first-order valence-corrected chi connectivity index (χ1v) is 6.68. The Labute approximate surface area is 113 Å². The highest BCUT2D eigenvalue weighted by molar-refractivity contribution is 7.12. The predicted molar refractivity (Wildman–Crippen MR) is 74.7 cm³/mol. The van der Waals surface area contributed by atoms with E-state index in [1.807, 2.05) is 31.4 Å². The summed E-state index contributed by atoms with van der Waals surface area (Å²) < 4.78 is 1.66. The second kappa shape index (κ2) is 4.47. The van der Waals surface area contributed by atoms with E-state index in [1.54, 1.807) is 16.9 Å². The third-order valence-corrected chi connectivity index (χ3v) is 3.69. The van der Waals surface area contributed by atoms with Crippen molar-refractivity contribution < 1.29 is 4.79 Å². The fourth-order valence-electron chi connectivity index (χ4n) is 1.80. The minimum atomic E-state index is -0.122. The average Bonchev–Trinajstić information content (AvgIpc) is 2.93.